The van der Waals surface area contributed by atoms with Gasteiger partial charge in [-0.25, -0.2) is 4.98 Å². The SMILES string of the molecule is CCCCCN(C)c1ncccc1C(C)NCC. The van der Waals surface area contributed by atoms with Gasteiger partial charge in [0.25, 0.3) is 0 Å². The Balaban J connectivity index is 2.74. The summed E-state index contributed by atoms with van der Waals surface area (Å²) >= 11 is 0. The molecule has 1 N–H and O–H groups in total. The molecule has 0 aliphatic carbocycles. The summed E-state index contributed by atoms with van der Waals surface area (Å²) in [7, 11) is 2.14. The number of hydrogen-bond acceptors (Lipinski definition) is 3. The molecule has 1 atom stereocenters. The fourth-order valence-corrected chi connectivity index (χ4v) is 2.19. The Hall–Kier alpha value is -1.09. The van der Waals surface area contributed by atoms with Crippen LogP contribution in [-0.2, 0) is 0 Å². The maximum absolute atomic E-state index is 4.55. The van der Waals surface area contributed by atoms with Gasteiger partial charge in [-0.3, -0.25) is 0 Å². The monoisotopic (exact) mass is 249 g/mol. The van der Waals surface area contributed by atoms with E-state index in [-0.39, 0.29) is 0 Å². The third-order valence-corrected chi connectivity index (χ3v) is 3.25. The zero-order valence-corrected chi connectivity index (χ0v) is 12.2. The minimum absolute atomic E-state index is 0.354. The van der Waals surface area contributed by atoms with Crippen LogP contribution in [0.3, 0.4) is 0 Å². The topological polar surface area (TPSA) is 28.2 Å². The second-order valence-corrected chi connectivity index (χ2v) is 4.82. The van der Waals surface area contributed by atoms with Crippen molar-refractivity contribution in [3.8, 4) is 0 Å². The van der Waals surface area contributed by atoms with Gasteiger partial charge in [0.2, 0.25) is 0 Å². The van der Waals surface area contributed by atoms with E-state index in [2.05, 4.69) is 49.1 Å². The van der Waals surface area contributed by atoms with Gasteiger partial charge in [-0.2, -0.15) is 0 Å². The number of pyridine rings is 1. The number of anilines is 1. The van der Waals surface area contributed by atoms with Gasteiger partial charge in [-0.05, 0) is 26.0 Å². The highest BCUT2D eigenvalue weighted by Crippen LogP contribution is 2.23. The summed E-state index contributed by atoms with van der Waals surface area (Å²) in [6.07, 6.45) is 5.67. The lowest BCUT2D eigenvalue weighted by Crippen LogP contribution is -2.25. The van der Waals surface area contributed by atoms with E-state index in [0.29, 0.717) is 6.04 Å². The molecule has 0 fully saturated rings. The molecule has 0 radical (unpaired) electrons. The predicted molar refractivity (Wildman–Crippen MR) is 79.1 cm³/mol. The highest BCUT2D eigenvalue weighted by Gasteiger charge is 2.13. The molecule has 102 valence electrons. The molecule has 0 spiro atoms. The molecule has 0 aliphatic rings. The average molecular weight is 249 g/mol. The maximum Gasteiger partial charge on any atom is 0.133 e. The molecule has 0 amide bonds. The lowest BCUT2D eigenvalue weighted by Gasteiger charge is -2.24. The quantitative estimate of drug-likeness (QED) is 0.716. The van der Waals surface area contributed by atoms with E-state index >= 15 is 0 Å². The first-order chi connectivity index (χ1) is 8.70. The third kappa shape index (κ3) is 4.30. The Morgan fingerprint density at radius 2 is 2.11 bits per heavy atom. The molecule has 0 saturated heterocycles. The van der Waals surface area contributed by atoms with E-state index in [9.17, 15) is 0 Å². The van der Waals surface area contributed by atoms with Crippen LogP contribution in [0.4, 0.5) is 5.82 Å². The molecular formula is C15H27N3. The van der Waals surface area contributed by atoms with Crippen molar-refractivity contribution in [2.45, 2.75) is 46.1 Å². The number of aromatic nitrogens is 1. The summed E-state index contributed by atoms with van der Waals surface area (Å²) in [5.41, 5.74) is 1.29. The summed E-state index contributed by atoms with van der Waals surface area (Å²) < 4.78 is 0. The van der Waals surface area contributed by atoms with Crippen LogP contribution in [0.1, 0.15) is 51.6 Å². The van der Waals surface area contributed by atoms with Crippen LogP contribution in [0.2, 0.25) is 0 Å². The Kier molecular flexibility index (Phi) is 6.73. The largest absolute Gasteiger partial charge is 0.359 e. The van der Waals surface area contributed by atoms with Gasteiger partial charge >= 0.3 is 0 Å². The second kappa shape index (κ2) is 8.09. The molecule has 1 unspecified atom stereocenters. The van der Waals surface area contributed by atoms with Crippen molar-refractivity contribution in [1.29, 1.82) is 0 Å². The Bertz CT molecular complexity index is 338. The van der Waals surface area contributed by atoms with Gasteiger partial charge in [-0.1, -0.05) is 32.8 Å². The van der Waals surface area contributed by atoms with Gasteiger partial charge in [0.1, 0.15) is 5.82 Å². The predicted octanol–water partition coefficient (Wildman–Crippen LogP) is 3.38. The molecule has 1 aromatic heterocycles. The van der Waals surface area contributed by atoms with E-state index in [0.717, 1.165) is 18.9 Å². The smallest absolute Gasteiger partial charge is 0.133 e. The van der Waals surface area contributed by atoms with E-state index in [1.54, 1.807) is 0 Å². The maximum atomic E-state index is 4.55. The van der Waals surface area contributed by atoms with Crippen LogP contribution in [-0.4, -0.2) is 25.1 Å². The number of hydrogen-bond donors (Lipinski definition) is 1. The lowest BCUT2D eigenvalue weighted by atomic mass is 10.1. The van der Waals surface area contributed by atoms with Crippen molar-refractivity contribution in [2.75, 3.05) is 25.0 Å². The number of rotatable bonds is 8. The molecule has 18 heavy (non-hydrogen) atoms. The third-order valence-electron chi connectivity index (χ3n) is 3.25. The summed E-state index contributed by atoms with van der Waals surface area (Å²) in [6.45, 7) is 8.63. The minimum atomic E-state index is 0.354. The van der Waals surface area contributed by atoms with Crippen LogP contribution in [0, 0.1) is 0 Å². The molecule has 0 saturated carbocycles. The first-order valence-corrected chi connectivity index (χ1v) is 7.10. The number of nitrogens with zero attached hydrogens (tertiary/aromatic N) is 2. The lowest BCUT2D eigenvalue weighted by molar-refractivity contribution is 0.593. The highest BCUT2D eigenvalue weighted by atomic mass is 15.2. The summed E-state index contributed by atoms with van der Waals surface area (Å²) in [6, 6.07) is 4.55. The van der Waals surface area contributed by atoms with Gasteiger partial charge in [-0.15, -0.1) is 0 Å². The molecule has 0 bridgehead atoms. The fraction of sp³-hybridized carbons (Fsp3) is 0.667. The fourth-order valence-electron chi connectivity index (χ4n) is 2.19. The first-order valence-electron chi connectivity index (χ1n) is 7.10. The molecule has 1 rings (SSSR count). The molecule has 0 aromatic carbocycles. The van der Waals surface area contributed by atoms with Crippen molar-refractivity contribution < 1.29 is 0 Å². The number of unbranched alkanes of at least 4 members (excludes halogenated alkanes) is 2. The normalized spacial score (nSPS) is 12.4. The molecule has 1 aromatic rings. The van der Waals surface area contributed by atoms with E-state index in [1.807, 2.05) is 12.3 Å². The zero-order chi connectivity index (χ0) is 13.4. The highest BCUT2D eigenvalue weighted by molar-refractivity contribution is 5.47. The van der Waals surface area contributed by atoms with Gasteiger partial charge in [0.15, 0.2) is 0 Å². The van der Waals surface area contributed by atoms with Crippen molar-refractivity contribution in [3.63, 3.8) is 0 Å². The minimum Gasteiger partial charge on any atom is -0.359 e. The van der Waals surface area contributed by atoms with Crippen LogP contribution in [0.15, 0.2) is 18.3 Å². The number of nitrogens with one attached hydrogen (secondary N) is 1. The van der Waals surface area contributed by atoms with Crippen molar-refractivity contribution >= 4 is 5.82 Å². The molecule has 3 heteroatoms. The standard InChI is InChI=1S/C15H27N3/c1-5-7-8-12-18(4)15-14(10-9-11-17-15)13(3)16-6-2/h9-11,13,16H,5-8,12H2,1-4H3. The molecule has 1 heterocycles. The second-order valence-electron chi connectivity index (χ2n) is 4.82. The van der Waals surface area contributed by atoms with E-state index in [1.165, 1.54) is 24.8 Å². The molecular weight excluding hydrogens is 222 g/mol. The summed E-state index contributed by atoms with van der Waals surface area (Å²) in [5, 5.41) is 3.46. The van der Waals surface area contributed by atoms with Crippen LogP contribution in [0.25, 0.3) is 0 Å². The van der Waals surface area contributed by atoms with E-state index in [4.69, 9.17) is 0 Å². The first kappa shape index (κ1) is 15.0. The Morgan fingerprint density at radius 3 is 2.78 bits per heavy atom. The van der Waals surface area contributed by atoms with Gasteiger partial charge in [0.05, 0.1) is 0 Å². The van der Waals surface area contributed by atoms with Crippen LogP contribution >= 0.6 is 0 Å². The Labute approximate surface area is 112 Å². The van der Waals surface area contributed by atoms with Gasteiger partial charge in [0, 0.05) is 31.4 Å². The Morgan fingerprint density at radius 1 is 1.33 bits per heavy atom. The average Bonchev–Trinajstić information content (AvgIpc) is 2.39. The summed E-state index contributed by atoms with van der Waals surface area (Å²) in [4.78, 5) is 6.82. The van der Waals surface area contributed by atoms with Crippen molar-refractivity contribution in [3.05, 3.63) is 23.9 Å². The summed E-state index contributed by atoms with van der Waals surface area (Å²) in [5.74, 6) is 1.11. The van der Waals surface area contributed by atoms with E-state index < -0.39 is 0 Å². The van der Waals surface area contributed by atoms with Crippen molar-refractivity contribution in [2.24, 2.45) is 0 Å². The van der Waals surface area contributed by atoms with Crippen LogP contribution in [0.5, 0.6) is 0 Å². The molecule has 3 nitrogen and oxygen atoms in total. The van der Waals surface area contributed by atoms with Gasteiger partial charge < -0.3 is 10.2 Å². The van der Waals surface area contributed by atoms with Crippen molar-refractivity contribution in [1.82, 2.24) is 10.3 Å². The zero-order valence-electron chi connectivity index (χ0n) is 12.2. The molecule has 0 aliphatic heterocycles. The van der Waals surface area contributed by atoms with Crippen LogP contribution < -0.4 is 10.2 Å².